The zero-order valence-electron chi connectivity index (χ0n) is 12.4. The molecule has 0 bridgehead atoms. The van der Waals surface area contributed by atoms with E-state index in [1.54, 1.807) is 23.5 Å². The summed E-state index contributed by atoms with van der Waals surface area (Å²) in [7, 11) is -3.53. The van der Waals surface area contributed by atoms with Gasteiger partial charge in [0, 0.05) is 43.7 Å². The smallest absolute Gasteiger partial charge is 0.285 e. The summed E-state index contributed by atoms with van der Waals surface area (Å²) in [5, 5.41) is 2.07. The second-order valence-corrected chi connectivity index (χ2v) is 7.92. The lowest BCUT2D eigenvalue weighted by atomic mass is 10.1. The molecule has 0 N–H and O–H groups in total. The minimum Gasteiger partial charge on any atom is -0.353 e. The van der Waals surface area contributed by atoms with Crippen molar-refractivity contribution in [1.29, 1.82) is 0 Å². The Kier molecular flexibility index (Phi) is 3.67. The van der Waals surface area contributed by atoms with Crippen molar-refractivity contribution >= 4 is 27.2 Å². The van der Waals surface area contributed by atoms with Crippen molar-refractivity contribution in [3.63, 3.8) is 0 Å². The SMILES string of the molecule is O=S1(=O)N=C(N2CCN(Cc3cscn3)CC2)c2ccccc21. The summed E-state index contributed by atoms with van der Waals surface area (Å²) in [4.78, 5) is 9.04. The predicted octanol–water partition coefficient (Wildman–Crippen LogP) is 1.41. The number of fused-ring (bicyclic) bond motifs is 1. The Hall–Kier alpha value is -1.77. The van der Waals surface area contributed by atoms with Crippen LogP contribution in [0.25, 0.3) is 0 Å². The van der Waals surface area contributed by atoms with Crippen LogP contribution < -0.4 is 0 Å². The van der Waals surface area contributed by atoms with Crippen molar-refractivity contribution < 1.29 is 8.42 Å². The average molecular weight is 348 g/mol. The van der Waals surface area contributed by atoms with Gasteiger partial charge in [-0.05, 0) is 12.1 Å². The van der Waals surface area contributed by atoms with Crippen LogP contribution in [0.15, 0.2) is 44.4 Å². The lowest BCUT2D eigenvalue weighted by Gasteiger charge is -2.35. The number of hydrogen-bond donors (Lipinski definition) is 0. The molecule has 0 amide bonds. The molecule has 2 aromatic rings. The van der Waals surface area contributed by atoms with Gasteiger partial charge in [-0.15, -0.1) is 15.7 Å². The molecule has 1 fully saturated rings. The Balaban J connectivity index is 1.49. The van der Waals surface area contributed by atoms with E-state index < -0.39 is 10.0 Å². The number of hydrogen-bond acceptors (Lipinski definition) is 6. The van der Waals surface area contributed by atoms with Crippen LogP contribution in [-0.4, -0.2) is 55.2 Å². The highest BCUT2D eigenvalue weighted by atomic mass is 32.2. The van der Waals surface area contributed by atoms with Crippen LogP contribution in [0.3, 0.4) is 0 Å². The third kappa shape index (κ3) is 2.77. The summed E-state index contributed by atoms with van der Waals surface area (Å²) < 4.78 is 28.3. The second-order valence-electron chi connectivity index (χ2n) is 5.63. The zero-order valence-corrected chi connectivity index (χ0v) is 14.1. The predicted molar refractivity (Wildman–Crippen MR) is 89.1 cm³/mol. The zero-order chi connectivity index (χ0) is 15.9. The van der Waals surface area contributed by atoms with Gasteiger partial charge in [-0.3, -0.25) is 4.90 Å². The minimum absolute atomic E-state index is 0.319. The van der Waals surface area contributed by atoms with E-state index in [9.17, 15) is 8.42 Å². The lowest BCUT2D eigenvalue weighted by molar-refractivity contribution is 0.174. The summed E-state index contributed by atoms with van der Waals surface area (Å²) in [5.41, 5.74) is 3.66. The van der Waals surface area contributed by atoms with Gasteiger partial charge in [0.25, 0.3) is 10.0 Å². The van der Waals surface area contributed by atoms with Crippen molar-refractivity contribution in [2.45, 2.75) is 11.4 Å². The van der Waals surface area contributed by atoms with Gasteiger partial charge in [0.05, 0.1) is 11.2 Å². The van der Waals surface area contributed by atoms with Gasteiger partial charge < -0.3 is 4.90 Å². The Bertz CT molecular complexity index is 838. The molecule has 1 saturated heterocycles. The Labute approximate surface area is 139 Å². The van der Waals surface area contributed by atoms with Gasteiger partial charge in [-0.25, -0.2) is 4.98 Å². The Morgan fingerprint density at radius 3 is 2.65 bits per heavy atom. The lowest BCUT2D eigenvalue weighted by Crippen LogP contribution is -2.48. The molecule has 120 valence electrons. The van der Waals surface area contributed by atoms with Crippen LogP contribution in [0, 0.1) is 0 Å². The molecule has 1 aromatic carbocycles. The highest BCUT2D eigenvalue weighted by Gasteiger charge is 2.32. The third-order valence-electron chi connectivity index (χ3n) is 4.15. The van der Waals surface area contributed by atoms with Crippen LogP contribution in [-0.2, 0) is 16.6 Å². The van der Waals surface area contributed by atoms with E-state index in [0.29, 0.717) is 10.7 Å². The van der Waals surface area contributed by atoms with E-state index in [1.165, 1.54) is 0 Å². The average Bonchev–Trinajstić information content (AvgIpc) is 3.15. The van der Waals surface area contributed by atoms with Gasteiger partial charge in [0.2, 0.25) is 0 Å². The van der Waals surface area contributed by atoms with Crippen molar-refractivity contribution in [2.24, 2.45) is 4.40 Å². The van der Waals surface area contributed by atoms with Gasteiger partial charge in [-0.1, -0.05) is 12.1 Å². The summed E-state index contributed by atoms with van der Waals surface area (Å²) in [6.45, 7) is 4.13. The number of aromatic nitrogens is 1. The summed E-state index contributed by atoms with van der Waals surface area (Å²) in [6.07, 6.45) is 0. The standard InChI is InChI=1S/C15H16N4O2S2/c20-23(21)14-4-2-1-3-13(14)15(17-23)19-7-5-18(6-8-19)9-12-10-22-11-16-12/h1-4,10-11H,5-9H2. The molecule has 2 aliphatic rings. The first-order valence-electron chi connectivity index (χ1n) is 7.42. The second kappa shape index (κ2) is 5.70. The number of sulfonamides is 1. The maximum atomic E-state index is 12.2. The van der Waals surface area contributed by atoms with E-state index in [2.05, 4.69) is 24.6 Å². The fraction of sp³-hybridized carbons (Fsp3) is 0.333. The number of piperazine rings is 1. The minimum atomic E-state index is -3.53. The third-order valence-corrected chi connectivity index (χ3v) is 6.11. The van der Waals surface area contributed by atoms with E-state index in [4.69, 9.17) is 0 Å². The van der Waals surface area contributed by atoms with Crippen LogP contribution in [0.5, 0.6) is 0 Å². The van der Waals surface area contributed by atoms with Crippen LogP contribution >= 0.6 is 11.3 Å². The fourth-order valence-electron chi connectivity index (χ4n) is 2.98. The Morgan fingerprint density at radius 2 is 1.91 bits per heavy atom. The first kappa shape index (κ1) is 14.8. The molecule has 23 heavy (non-hydrogen) atoms. The summed E-state index contributed by atoms with van der Waals surface area (Å²) >= 11 is 1.61. The molecule has 6 nitrogen and oxygen atoms in total. The highest BCUT2D eigenvalue weighted by molar-refractivity contribution is 7.90. The number of thiazole rings is 1. The summed E-state index contributed by atoms with van der Waals surface area (Å²) in [6, 6.07) is 7.05. The molecule has 0 spiro atoms. The molecule has 3 heterocycles. The van der Waals surface area contributed by atoms with Crippen molar-refractivity contribution in [2.75, 3.05) is 26.2 Å². The molecule has 0 atom stereocenters. The van der Waals surface area contributed by atoms with Crippen molar-refractivity contribution in [3.8, 4) is 0 Å². The van der Waals surface area contributed by atoms with E-state index in [1.807, 2.05) is 17.6 Å². The molecule has 2 aliphatic heterocycles. The van der Waals surface area contributed by atoms with Gasteiger partial charge in [-0.2, -0.15) is 8.42 Å². The normalized spacial score (nSPS) is 20.3. The van der Waals surface area contributed by atoms with Crippen LogP contribution in [0.2, 0.25) is 0 Å². The first-order valence-corrected chi connectivity index (χ1v) is 9.80. The topological polar surface area (TPSA) is 65.9 Å². The maximum absolute atomic E-state index is 12.2. The molecule has 0 saturated carbocycles. The highest BCUT2D eigenvalue weighted by Crippen LogP contribution is 2.27. The van der Waals surface area contributed by atoms with Gasteiger partial charge in [0.15, 0.2) is 5.84 Å². The molecule has 0 aliphatic carbocycles. The molecular weight excluding hydrogens is 332 g/mol. The molecule has 1 aromatic heterocycles. The maximum Gasteiger partial charge on any atom is 0.285 e. The number of nitrogens with zero attached hydrogens (tertiary/aromatic N) is 4. The van der Waals surface area contributed by atoms with Gasteiger partial charge >= 0.3 is 0 Å². The van der Waals surface area contributed by atoms with Gasteiger partial charge in [0.1, 0.15) is 4.90 Å². The first-order chi connectivity index (χ1) is 11.1. The monoisotopic (exact) mass is 348 g/mol. The largest absolute Gasteiger partial charge is 0.353 e. The Morgan fingerprint density at radius 1 is 1.13 bits per heavy atom. The molecule has 4 rings (SSSR count). The van der Waals surface area contributed by atoms with Crippen LogP contribution in [0.1, 0.15) is 11.3 Å². The molecular formula is C15H16N4O2S2. The number of rotatable bonds is 2. The number of benzene rings is 1. The fourth-order valence-corrected chi connectivity index (χ4v) is 4.76. The van der Waals surface area contributed by atoms with E-state index in [0.717, 1.165) is 44.0 Å². The van der Waals surface area contributed by atoms with E-state index in [-0.39, 0.29) is 0 Å². The number of amidine groups is 1. The molecule has 8 heteroatoms. The van der Waals surface area contributed by atoms with Crippen LogP contribution in [0.4, 0.5) is 0 Å². The summed E-state index contributed by atoms with van der Waals surface area (Å²) in [5.74, 6) is 0.592. The van der Waals surface area contributed by atoms with E-state index >= 15 is 0 Å². The van der Waals surface area contributed by atoms with Crippen molar-refractivity contribution in [3.05, 3.63) is 46.4 Å². The molecule has 0 radical (unpaired) electrons. The quantitative estimate of drug-likeness (QED) is 0.821. The molecule has 0 unspecified atom stereocenters. The van der Waals surface area contributed by atoms with Crippen molar-refractivity contribution in [1.82, 2.24) is 14.8 Å².